The van der Waals surface area contributed by atoms with Crippen molar-refractivity contribution in [2.75, 3.05) is 19.0 Å². The summed E-state index contributed by atoms with van der Waals surface area (Å²) >= 11 is 6.18. The lowest BCUT2D eigenvalue weighted by Gasteiger charge is -2.14. The maximum Gasteiger partial charge on any atom is 0.138 e. The van der Waals surface area contributed by atoms with Crippen molar-refractivity contribution in [2.45, 2.75) is 26.7 Å². The molecule has 0 aliphatic heterocycles. The number of para-hydroxylation sites is 1. The van der Waals surface area contributed by atoms with Crippen LogP contribution in [0.1, 0.15) is 23.9 Å². The Morgan fingerprint density at radius 2 is 2.00 bits per heavy atom. The van der Waals surface area contributed by atoms with Crippen LogP contribution >= 0.6 is 11.6 Å². The smallest absolute Gasteiger partial charge is 0.138 e. The van der Waals surface area contributed by atoms with Crippen molar-refractivity contribution in [1.29, 1.82) is 0 Å². The maximum absolute atomic E-state index is 6.18. The molecule has 0 atom stereocenters. The summed E-state index contributed by atoms with van der Waals surface area (Å²) in [7, 11) is 1.71. The molecule has 2 rings (SSSR count). The molecule has 1 aromatic heterocycles. The highest BCUT2D eigenvalue weighted by molar-refractivity contribution is 6.30. The van der Waals surface area contributed by atoms with Crippen LogP contribution in [0, 0.1) is 6.92 Å². The first-order valence-electron chi connectivity index (χ1n) is 7.02. The molecule has 2 aromatic rings. The second-order valence-corrected chi connectivity index (χ2v) is 5.14. The fourth-order valence-corrected chi connectivity index (χ4v) is 2.20. The quantitative estimate of drug-likeness (QED) is 0.821. The zero-order chi connectivity index (χ0) is 15.2. The number of hydrogen-bond donors (Lipinski definition) is 1. The Hall–Kier alpha value is -1.65. The molecular formula is C16H20ClN3O. The summed E-state index contributed by atoms with van der Waals surface area (Å²) in [6, 6.07) is 8.14. The molecule has 0 radical (unpaired) electrons. The summed E-state index contributed by atoms with van der Waals surface area (Å²) in [5.41, 5.74) is 3.07. The molecule has 0 saturated heterocycles. The third kappa shape index (κ3) is 3.93. The largest absolute Gasteiger partial charge is 0.384 e. The molecule has 0 aliphatic rings. The Morgan fingerprint density at radius 1 is 1.24 bits per heavy atom. The molecule has 21 heavy (non-hydrogen) atoms. The van der Waals surface area contributed by atoms with Crippen molar-refractivity contribution in [3.05, 3.63) is 46.4 Å². The van der Waals surface area contributed by atoms with Gasteiger partial charge in [-0.2, -0.15) is 0 Å². The summed E-state index contributed by atoms with van der Waals surface area (Å²) in [6.45, 7) is 4.61. The zero-order valence-corrected chi connectivity index (χ0v) is 13.4. The number of methoxy groups -OCH3 is 1. The summed E-state index contributed by atoms with van der Waals surface area (Å²) in [4.78, 5) is 8.79. The van der Waals surface area contributed by atoms with E-state index in [1.54, 1.807) is 7.11 Å². The van der Waals surface area contributed by atoms with Crippen molar-refractivity contribution < 1.29 is 4.74 Å². The molecule has 5 heteroatoms. The van der Waals surface area contributed by atoms with E-state index >= 15 is 0 Å². The van der Waals surface area contributed by atoms with Gasteiger partial charge in [0.25, 0.3) is 0 Å². The van der Waals surface area contributed by atoms with Gasteiger partial charge in [-0.05, 0) is 25.0 Å². The molecule has 0 spiro atoms. The molecular weight excluding hydrogens is 286 g/mol. The first-order chi connectivity index (χ1) is 10.2. The second kappa shape index (κ2) is 7.38. The Labute approximate surface area is 130 Å². The lowest BCUT2D eigenvalue weighted by Crippen LogP contribution is -2.05. The lowest BCUT2D eigenvalue weighted by atomic mass is 10.1. The number of hydrogen-bond acceptors (Lipinski definition) is 4. The van der Waals surface area contributed by atoms with Gasteiger partial charge < -0.3 is 10.1 Å². The van der Waals surface area contributed by atoms with E-state index in [0.717, 1.165) is 35.7 Å². The Bertz CT molecular complexity index is 616. The predicted molar refractivity (Wildman–Crippen MR) is 86.5 cm³/mol. The highest BCUT2D eigenvalue weighted by Gasteiger charge is 2.10. The van der Waals surface area contributed by atoms with Crippen LogP contribution in [0.25, 0.3) is 0 Å². The SMILES string of the molecule is CCc1nc(Cl)c(C)c(Nc2ccccc2CCOC)n1. The molecule has 0 fully saturated rings. The van der Waals surface area contributed by atoms with Crippen LogP contribution in [0.5, 0.6) is 0 Å². The van der Waals surface area contributed by atoms with E-state index in [1.165, 1.54) is 5.56 Å². The topological polar surface area (TPSA) is 47.0 Å². The van der Waals surface area contributed by atoms with Gasteiger partial charge in [-0.15, -0.1) is 0 Å². The number of aryl methyl sites for hydroxylation is 1. The van der Waals surface area contributed by atoms with Crippen molar-refractivity contribution in [1.82, 2.24) is 9.97 Å². The van der Waals surface area contributed by atoms with E-state index in [9.17, 15) is 0 Å². The van der Waals surface area contributed by atoms with E-state index in [0.29, 0.717) is 11.8 Å². The molecule has 112 valence electrons. The van der Waals surface area contributed by atoms with Crippen LogP contribution in [0.4, 0.5) is 11.5 Å². The van der Waals surface area contributed by atoms with Gasteiger partial charge in [-0.3, -0.25) is 0 Å². The van der Waals surface area contributed by atoms with E-state index in [4.69, 9.17) is 16.3 Å². The van der Waals surface area contributed by atoms with Gasteiger partial charge in [0.15, 0.2) is 0 Å². The van der Waals surface area contributed by atoms with E-state index < -0.39 is 0 Å². The fourth-order valence-electron chi connectivity index (χ4n) is 2.01. The first kappa shape index (κ1) is 15.7. The average molecular weight is 306 g/mol. The number of anilines is 2. The Kier molecular flexibility index (Phi) is 5.53. The van der Waals surface area contributed by atoms with Crippen molar-refractivity contribution in [2.24, 2.45) is 0 Å². The average Bonchev–Trinajstić information content (AvgIpc) is 2.50. The van der Waals surface area contributed by atoms with Gasteiger partial charge in [0.2, 0.25) is 0 Å². The third-order valence-corrected chi connectivity index (χ3v) is 3.66. The standard InChI is InChI=1S/C16H20ClN3O/c1-4-14-19-15(17)11(2)16(20-14)18-13-8-6-5-7-12(13)9-10-21-3/h5-8H,4,9-10H2,1-3H3,(H,18,19,20). The van der Waals surface area contributed by atoms with Crippen LogP contribution < -0.4 is 5.32 Å². The molecule has 1 aromatic carbocycles. The number of halogens is 1. The van der Waals surface area contributed by atoms with Gasteiger partial charge in [0, 0.05) is 24.8 Å². The maximum atomic E-state index is 6.18. The number of nitrogens with zero attached hydrogens (tertiary/aromatic N) is 2. The van der Waals surface area contributed by atoms with Crippen LogP contribution in [-0.2, 0) is 17.6 Å². The van der Waals surface area contributed by atoms with E-state index in [2.05, 4.69) is 21.4 Å². The first-order valence-corrected chi connectivity index (χ1v) is 7.40. The molecule has 1 N–H and O–H groups in total. The number of benzene rings is 1. The van der Waals surface area contributed by atoms with Crippen molar-refractivity contribution in [3.63, 3.8) is 0 Å². The zero-order valence-electron chi connectivity index (χ0n) is 12.6. The Morgan fingerprint density at radius 3 is 2.71 bits per heavy atom. The van der Waals surface area contributed by atoms with Gasteiger partial charge in [0.1, 0.15) is 16.8 Å². The molecule has 0 saturated carbocycles. The molecule has 4 nitrogen and oxygen atoms in total. The van der Waals surface area contributed by atoms with Crippen molar-refractivity contribution >= 4 is 23.1 Å². The summed E-state index contributed by atoms with van der Waals surface area (Å²) in [6.07, 6.45) is 1.60. The highest BCUT2D eigenvalue weighted by Crippen LogP contribution is 2.25. The third-order valence-electron chi connectivity index (χ3n) is 3.29. The van der Waals surface area contributed by atoms with Crippen molar-refractivity contribution in [3.8, 4) is 0 Å². The van der Waals surface area contributed by atoms with Crippen LogP contribution in [0.2, 0.25) is 5.15 Å². The summed E-state index contributed by atoms with van der Waals surface area (Å²) in [5.74, 6) is 1.50. The second-order valence-electron chi connectivity index (χ2n) is 4.78. The number of ether oxygens (including phenoxy) is 1. The van der Waals surface area contributed by atoms with E-state index in [1.807, 2.05) is 32.0 Å². The number of aromatic nitrogens is 2. The van der Waals surface area contributed by atoms with E-state index in [-0.39, 0.29) is 0 Å². The fraction of sp³-hybridized carbons (Fsp3) is 0.375. The Balaban J connectivity index is 2.32. The minimum Gasteiger partial charge on any atom is -0.384 e. The molecule has 0 aliphatic carbocycles. The molecule has 1 heterocycles. The molecule has 0 bridgehead atoms. The van der Waals surface area contributed by atoms with Crippen LogP contribution in [0.15, 0.2) is 24.3 Å². The van der Waals surface area contributed by atoms with Crippen LogP contribution in [0.3, 0.4) is 0 Å². The predicted octanol–water partition coefficient (Wildman–Crippen LogP) is 3.93. The minimum atomic E-state index is 0.499. The minimum absolute atomic E-state index is 0.499. The summed E-state index contributed by atoms with van der Waals surface area (Å²) < 4.78 is 5.16. The normalized spacial score (nSPS) is 10.7. The van der Waals surface area contributed by atoms with Gasteiger partial charge in [-0.25, -0.2) is 9.97 Å². The molecule has 0 amide bonds. The number of nitrogens with one attached hydrogen (secondary N) is 1. The summed E-state index contributed by atoms with van der Waals surface area (Å²) in [5, 5.41) is 3.87. The molecule has 0 unspecified atom stereocenters. The monoisotopic (exact) mass is 305 g/mol. The van der Waals surface area contributed by atoms with Gasteiger partial charge >= 0.3 is 0 Å². The lowest BCUT2D eigenvalue weighted by molar-refractivity contribution is 0.202. The van der Waals surface area contributed by atoms with Crippen LogP contribution in [-0.4, -0.2) is 23.7 Å². The van der Waals surface area contributed by atoms with Gasteiger partial charge in [-0.1, -0.05) is 36.7 Å². The number of rotatable bonds is 6. The highest BCUT2D eigenvalue weighted by atomic mass is 35.5. The van der Waals surface area contributed by atoms with Gasteiger partial charge in [0.05, 0.1) is 6.61 Å².